The van der Waals surface area contributed by atoms with Gasteiger partial charge in [-0.25, -0.2) is 8.42 Å². The van der Waals surface area contributed by atoms with Crippen molar-refractivity contribution < 1.29 is 18.3 Å². The average molecular weight is 399 g/mol. The molecule has 0 aromatic heterocycles. The number of benzene rings is 1. The van der Waals surface area contributed by atoms with Gasteiger partial charge in [0.15, 0.2) is 0 Å². The lowest BCUT2D eigenvalue weighted by molar-refractivity contribution is 0.0649. The Hall–Kier alpha value is -1.31. The summed E-state index contributed by atoms with van der Waals surface area (Å²) in [7, 11) is -1.76. The maximum Gasteiger partial charge on any atom is 0.231 e. The van der Waals surface area contributed by atoms with Crippen LogP contribution in [0.3, 0.4) is 0 Å². The van der Waals surface area contributed by atoms with E-state index in [1.54, 1.807) is 24.3 Å². The number of ether oxygens (including phenoxy) is 1. The average Bonchev–Trinajstić information content (AvgIpc) is 3.41. The van der Waals surface area contributed by atoms with Crippen molar-refractivity contribution in [3.63, 3.8) is 0 Å². The minimum atomic E-state index is -3.28. The van der Waals surface area contributed by atoms with Crippen LogP contribution in [0.25, 0.3) is 0 Å². The number of aliphatic hydroxyl groups excluding tert-OH is 1. The summed E-state index contributed by atoms with van der Waals surface area (Å²) in [4.78, 5) is 2.36. The van der Waals surface area contributed by atoms with E-state index < -0.39 is 16.1 Å². The predicted molar refractivity (Wildman–Crippen MR) is 110 cm³/mol. The molecule has 2 rings (SSSR count). The Morgan fingerprint density at radius 2 is 1.85 bits per heavy atom. The van der Waals surface area contributed by atoms with Gasteiger partial charge in [-0.05, 0) is 61.9 Å². The van der Waals surface area contributed by atoms with Crippen LogP contribution in [0.1, 0.15) is 33.1 Å². The molecular formula is C20H34N2O4S. The number of rotatable bonds is 12. The lowest BCUT2D eigenvalue weighted by atomic mass is 10.1. The number of anilines is 1. The maximum absolute atomic E-state index is 11.6. The summed E-state index contributed by atoms with van der Waals surface area (Å²) in [5, 5.41) is 10.4. The molecule has 6 nitrogen and oxygen atoms in total. The van der Waals surface area contributed by atoms with E-state index in [0.717, 1.165) is 25.4 Å². The molecule has 1 atom stereocenters. The molecule has 7 heteroatoms. The SMILES string of the molecule is CC(C)CCN(CC(O)COc1ccc(N(C)S(C)(=O)=O)cc1)CC1CC1. The van der Waals surface area contributed by atoms with Gasteiger partial charge in [0.25, 0.3) is 0 Å². The van der Waals surface area contributed by atoms with E-state index in [1.807, 2.05) is 0 Å². The fourth-order valence-corrected chi connectivity index (χ4v) is 3.36. The van der Waals surface area contributed by atoms with E-state index in [2.05, 4.69) is 18.7 Å². The van der Waals surface area contributed by atoms with E-state index in [4.69, 9.17) is 4.74 Å². The first-order valence-electron chi connectivity index (χ1n) is 9.72. The normalized spacial score (nSPS) is 16.0. The molecule has 27 heavy (non-hydrogen) atoms. The van der Waals surface area contributed by atoms with Crippen molar-refractivity contribution in [2.24, 2.45) is 11.8 Å². The summed E-state index contributed by atoms with van der Waals surface area (Å²) >= 11 is 0. The van der Waals surface area contributed by atoms with Crippen LogP contribution in [0, 0.1) is 11.8 Å². The summed E-state index contributed by atoms with van der Waals surface area (Å²) in [6.07, 6.45) is 4.36. The van der Waals surface area contributed by atoms with Crippen LogP contribution in [0.2, 0.25) is 0 Å². The van der Waals surface area contributed by atoms with Gasteiger partial charge in [0.1, 0.15) is 18.5 Å². The van der Waals surface area contributed by atoms with Gasteiger partial charge in [0, 0.05) is 20.1 Å². The zero-order chi connectivity index (χ0) is 20.0. The summed E-state index contributed by atoms with van der Waals surface area (Å²) < 4.78 is 30.0. The van der Waals surface area contributed by atoms with Crippen LogP contribution in [0.15, 0.2) is 24.3 Å². The minimum Gasteiger partial charge on any atom is -0.491 e. The zero-order valence-electron chi connectivity index (χ0n) is 17.0. The van der Waals surface area contributed by atoms with Crippen molar-refractivity contribution >= 4 is 15.7 Å². The Kier molecular flexibility index (Phi) is 7.94. The molecule has 1 aliphatic rings. The van der Waals surface area contributed by atoms with Crippen molar-refractivity contribution in [1.82, 2.24) is 4.90 Å². The van der Waals surface area contributed by atoms with Crippen LogP contribution >= 0.6 is 0 Å². The molecule has 154 valence electrons. The van der Waals surface area contributed by atoms with Gasteiger partial charge in [0.2, 0.25) is 10.0 Å². The van der Waals surface area contributed by atoms with Crippen molar-refractivity contribution in [2.75, 3.05) is 43.8 Å². The van der Waals surface area contributed by atoms with E-state index in [1.165, 1.54) is 30.5 Å². The number of hydrogen-bond acceptors (Lipinski definition) is 5. The first-order valence-corrected chi connectivity index (χ1v) is 11.6. The summed E-state index contributed by atoms with van der Waals surface area (Å²) in [5.41, 5.74) is 0.578. The Morgan fingerprint density at radius 1 is 1.22 bits per heavy atom. The Labute approximate surface area is 164 Å². The molecule has 1 saturated carbocycles. The fraction of sp³-hybridized carbons (Fsp3) is 0.700. The number of aliphatic hydroxyl groups is 1. The molecule has 0 amide bonds. The third-order valence-electron chi connectivity index (χ3n) is 4.85. The van der Waals surface area contributed by atoms with Gasteiger partial charge in [-0.15, -0.1) is 0 Å². The molecule has 0 radical (unpaired) electrons. The minimum absolute atomic E-state index is 0.226. The maximum atomic E-state index is 11.6. The molecule has 0 heterocycles. The van der Waals surface area contributed by atoms with Crippen molar-refractivity contribution in [3.05, 3.63) is 24.3 Å². The molecule has 1 N–H and O–H groups in total. The largest absolute Gasteiger partial charge is 0.491 e. The Morgan fingerprint density at radius 3 is 2.37 bits per heavy atom. The second-order valence-corrected chi connectivity index (χ2v) is 10.1. The standard InChI is InChI=1S/C20H34N2O4S/c1-16(2)11-12-22(13-17-5-6-17)14-19(23)15-26-20-9-7-18(8-10-20)21(3)27(4,24)25/h7-10,16-17,19,23H,5-6,11-15H2,1-4H3. The van der Waals surface area contributed by atoms with Crippen LogP contribution in [0.5, 0.6) is 5.75 Å². The molecule has 1 fully saturated rings. The number of sulfonamides is 1. The summed E-state index contributed by atoms with van der Waals surface area (Å²) in [6, 6.07) is 6.85. The summed E-state index contributed by atoms with van der Waals surface area (Å²) in [5.74, 6) is 2.07. The van der Waals surface area contributed by atoms with Gasteiger partial charge >= 0.3 is 0 Å². The highest BCUT2D eigenvalue weighted by molar-refractivity contribution is 7.92. The Balaban J connectivity index is 1.81. The Bertz CT molecular complexity index is 672. The lowest BCUT2D eigenvalue weighted by Crippen LogP contribution is -2.37. The molecular weight excluding hydrogens is 364 g/mol. The van der Waals surface area contributed by atoms with Gasteiger partial charge < -0.3 is 14.7 Å². The molecule has 0 aliphatic heterocycles. The van der Waals surface area contributed by atoms with Crippen molar-refractivity contribution in [1.29, 1.82) is 0 Å². The first-order chi connectivity index (χ1) is 12.6. The topological polar surface area (TPSA) is 70.1 Å². The third kappa shape index (κ3) is 8.07. The van der Waals surface area contributed by atoms with Gasteiger partial charge in [-0.1, -0.05) is 13.8 Å². The molecule has 0 saturated heterocycles. The van der Waals surface area contributed by atoms with Crippen LogP contribution in [-0.2, 0) is 10.0 Å². The monoisotopic (exact) mass is 398 g/mol. The van der Waals surface area contributed by atoms with E-state index in [0.29, 0.717) is 23.9 Å². The number of hydrogen-bond donors (Lipinski definition) is 1. The van der Waals surface area contributed by atoms with Gasteiger partial charge in [0.05, 0.1) is 11.9 Å². The lowest BCUT2D eigenvalue weighted by Gasteiger charge is -2.26. The second-order valence-electron chi connectivity index (χ2n) is 8.07. The number of nitrogens with zero attached hydrogens (tertiary/aromatic N) is 2. The van der Waals surface area contributed by atoms with Gasteiger partial charge in [-0.2, -0.15) is 0 Å². The molecule has 0 spiro atoms. The van der Waals surface area contributed by atoms with Crippen molar-refractivity contribution in [3.8, 4) is 5.75 Å². The van der Waals surface area contributed by atoms with Crippen LogP contribution in [0.4, 0.5) is 5.69 Å². The highest BCUT2D eigenvalue weighted by Gasteiger charge is 2.25. The highest BCUT2D eigenvalue weighted by atomic mass is 32.2. The predicted octanol–water partition coefficient (Wildman–Crippen LogP) is 2.58. The molecule has 1 unspecified atom stereocenters. The van der Waals surface area contributed by atoms with E-state index in [9.17, 15) is 13.5 Å². The zero-order valence-corrected chi connectivity index (χ0v) is 17.8. The van der Waals surface area contributed by atoms with Crippen molar-refractivity contribution in [2.45, 2.75) is 39.2 Å². The highest BCUT2D eigenvalue weighted by Crippen LogP contribution is 2.30. The molecule has 1 aromatic carbocycles. The smallest absolute Gasteiger partial charge is 0.231 e. The third-order valence-corrected chi connectivity index (χ3v) is 6.05. The van der Waals surface area contributed by atoms with Gasteiger partial charge in [-0.3, -0.25) is 4.31 Å². The fourth-order valence-electron chi connectivity index (χ4n) is 2.85. The molecule has 1 aliphatic carbocycles. The first kappa shape index (κ1) is 22.0. The summed E-state index contributed by atoms with van der Waals surface area (Å²) in [6.45, 7) is 7.37. The van der Waals surface area contributed by atoms with E-state index in [-0.39, 0.29) is 6.61 Å². The molecule has 1 aromatic rings. The van der Waals surface area contributed by atoms with Crippen LogP contribution < -0.4 is 9.04 Å². The quantitative estimate of drug-likeness (QED) is 0.586. The molecule has 0 bridgehead atoms. The van der Waals surface area contributed by atoms with E-state index >= 15 is 0 Å². The second kappa shape index (κ2) is 9.75. The van der Waals surface area contributed by atoms with Crippen LogP contribution in [-0.4, -0.2) is 64.1 Å².